The Hall–Kier alpha value is -2.20. The van der Waals surface area contributed by atoms with E-state index in [2.05, 4.69) is 6.07 Å². The van der Waals surface area contributed by atoms with Crippen molar-refractivity contribution in [2.45, 2.75) is 6.54 Å². The molecule has 4 aromatic rings. The molecule has 0 atom stereocenters. The van der Waals surface area contributed by atoms with Crippen LogP contribution in [0.15, 0.2) is 48.5 Å². The van der Waals surface area contributed by atoms with Gasteiger partial charge >= 0.3 is 0 Å². The molecule has 3 nitrogen and oxygen atoms in total. The van der Waals surface area contributed by atoms with Gasteiger partial charge in [-0.1, -0.05) is 53.0 Å². The lowest BCUT2D eigenvalue weighted by atomic mass is 10.1. The number of nitrogens with zero attached hydrogens (tertiary/aromatic N) is 1. The molecule has 0 aliphatic carbocycles. The van der Waals surface area contributed by atoms with Crippen molar-refractivity contribution < 1.29 is 4.79 Å². The van der Waals surface area contributed by atoms with Gasteiger partial charge in [-0.2, -0.15) is 0 Å². The molecule has 0 saturated carbocycles. The Morgan fingerprint density at radius 3 is 2.62 bits per heavy atom. The Balaban J connectivity index is 2.07. The highest BCUT2D eigenvalue weighted by atomic mass is 35.5. The highest BCUT2D eigenvalue weighted by molar-refractivity contribution is 6.37. The molecular weight excluding hydrogens is 391 g/mol. The van der Waals surface area contributed by atoms with Crippen LogP contribution in [0.25, 0.3) is 21.8 Å². The molecule has 4 rings (SSSR count). The molecule has 6 heteroatoms. The highest BCUT2D eigenvalue weighted by Crippen LogP contribution is 2.36. The van der Waals surface area contributed by atoms with Gasteiger partial charge in [-0.3, -0.25) is 4.79 Å². The standard InChI is InChI=1S/C20H12Cl3N2O/c21-12-8-7-11(16(23)9-12)10-25-17-6-2-4-14(20(24)26)18(17)13-3-1-5-15(22)19(13)25/h1-2,4-9H,10H2,(H2,24,26). The smallest absolute Gasteiger partial charge is 0.249 e. The molecule has 129 valence electrons. The van der Waals surface area contributed by atoms with Crippen LogP contribution in [0.3, 0.4) is 0 Å². The van der Waals surface area contributed by atoms with E-state index in [0.717, 1.165) is 27.4 Å². The van der Waals surface area contributed by atoms with Crippen molar-refractivity contribution in [3.63, 3.8) is 0 Å². The summed E-state index contributed by atoms with van der Waals surface area (Å²) in [5, 5.41) is 3.20. The van der Waals surface area contributed by atoms with Crippen LogP contribution in [0.1, 0.15) is 15.9 Å². The van der Waals surface area contributed by atoms with Gasteiger partial charge in [0.05, 0.1) is 16.1 Å². The fourth-order valence-corrected chi connectivity index (χ4v) is 3.99. The van der Waals surface area contributed by atoms with E-state index < -0.39 is 5.91 Å². The first-order valence-corrected chi connectivity index (χ1v) is 8.95. The summed E-state index contributed by atoms with van der Waals surface area (Å²) in [6, 6.07) is 17.5. The van der Waals surface area contributed by atoms with Gasteiger partial charge in [0.25, 0.3) is 0 Å². The lowest BCUT2D eigenvalue weighted by Crippen LogP contribution is -2.11. The van der Waals surface area contributed by atoms with Crippen molar-refractivity contribution in [2.75, 3.05) is 0 Å². The van der Waals surface area contributed by atoms with E-state index in [-0.39, 0.29) is 0 Å². The number of hydrogen-bond donors (Lipinski definition) is 1. The zero-order valence-corrected chi connectivity index (χ0v) is 15.7. The van der Waals surface area contributed by atoms with Crippen LogP contribution in [0.4, 0.5) is 0 Å². The summed E-state index contributed by atoms with van der Waals surface area (Å²) in [7, 11) is 0. The summed E-state index contributed by atoms with van der Waals surface area (Å²) < 4.78 is 2.02. The van der Waals surface area contributed by atoms with Gasteiger partial charge in [0.1, 0.15) is 0 Å². The van der Waals surface area contributed by atoms with E-state index >= 15 is 0 Å². The summed E-state index contributed by atoms with van der Waals surface area (Å²) in [4.78, 5) is 11.9. The normalized spacial score (nSPS) is 11.3. The van der Waals surface area contributed by atoms with Crippen LogP contribution in [-0.2, 0) is 6.54 Å². The number of benzene rings is 3. The molecule has 0 unspecified atom stereocenters. The van der Waals surface area contributed by atoms with Crippen molar-refractivity contribution in [2.24, 2.45) is 5.73 Å². The Kier molecular flexibility index (Phi) is 4.31. The molecule has 1 heterocycles. The SMILES string of the molecule is NC(=O)c1cccc2c1c1[c]ccc(Cl)c1n2Cc1ccc(Cl)cc1Cl. The van der Waals surface area contributed by atoms with Gasteiger partial charge in [0, 0.05) is 32.9 Å². The molecule has 1 aromatic heterocycles. The van der Waals surface area contributed by atoms with E-state index in [1.807, 2.05) is 16.7 Å². The first-order chi connectivity index (χ1) is 12.5. The Labute approximate surface area is 164 Å². The summed E-state index contributed by atoms with van der Waals surface area (Å²) in [6.45, 7) is 0.468. The second-order valence-corrected chi connectivity index (χ2v) is 7.19. The zero-order valence-electron chi connectivity index (χ0n) is 13.4. The van der Waals surface area contributed by atoms with E-state index in [9.17, 15) is 4.79 Å². The van der Waals surface area contributed by atoms with Crippen LogP contribution in [0.5, 0.6) is 0 Å². The Morgan fingerprint density at radius 2 is 1.88 bits per heavy atom. The largest absolute Gasteiger partial charge is 0.366 e. The molecule has 1 radical (unpaired) electrons. The molecule has 1 amide bonds. The number of halogens is 3. The number of amides is 1. The Bertz CT molecular complexity index is 1180. The van der Waals surface area contributed by atoms with E-state index in [4.69, 9.17) is 40.5 Å². The molecule has 2 N–H and O–H groups in total. The molecule has 0 saturated heterocycles. The fraction of sp³-hybridized carbons (Fsp3) is 0.0500. The van der Waals surface area contributed by atoms with Gasteiger partial charge in [0.15, 0.2) is 0 Å². The molecule has 0 spiro atoms. The van der Waals surface area contributed by atoms with Crippen molar-refractivity contribution in [1.29, 1.82) is 0 Å². The van der Waals surface area contributed by atoms with Crippen LogP contribution < -0.4 is 5.73 Å². The van der Waals surface area contributed by atoms with Crippen molar-refractivity contribution in [1.82, 2.24) is 4.57 Å². The third-order valence-electron chi connectivity index (χ3n) is 4.38. The lowest BCUT2D eigenvalue weighted by Gasteiger charge is -2.11. The maximum absolute atomic E-state index is 11.9. The summed E-state index contributed by atoms with van der Waals surface area (Å²) >= 11 is 18.8. The average molecular weight is 403 g/mol. The average Bonchev–Trinajstić information content (AvgIpc) is 2.92. The van der Waals surface area contributed by atoms with Crippen molar-refractivity contribution >= 4 is 62.5 Å². The van der Waals surface area contributed by atoms with Gasteiger partial charge in [-0.15, -0.1) is 0 Å². The predicted octanol–water partition coefficient (Wildman–Crippen LogP) is 5.70. The van der Waals surface area contributed by atoms with Crippen molar-refractivity contribution in [3.8, 4) is 0 Å². The van der Waals surface area contributed by atoms with Crippen LogP contribution in [0.2, 0.25) is 15.1 Å². The molecular formula is C20H12Cl3N2O. The minimum atomic E-state index is -0.493. The maximum atomic E-state index is 11.9. The summed E-state index contributed by atoms with van der Waals surface area (Å²) in [5.41, 5.74) is 8.53. The van der Waals surface area contributed by atoms with Crippen LogP contribution >= 0.6 is 34.8 Å². The van der Waals surface area contributed by atoms with Gasteiger partial charge in [-0.25, -0.2) is 0 Å². The predicted molar refractivity (Wildman–Crippen MR) is 107 cm³/mol. The molecule has 3 aromatic carbocycles. The number of carbonyl (C=O) groups excluding carboxylic acids is 1. The molecule has 0 fully saturated rings. The van der Waals surface area contributed by atoms with Crippen molar-refractivity contribution in [3.05, 3.63) is 80.8 Å². The number of carbonyl (C=O) groups is 1. The molecule has 0 aliphatic rings. The van der Waals surface area contributed by atoms with Gasteiger partial charge in [-0.05, 0) is 42.0 Å². The fourth-order valence-electron chi connectivity index (χ4n) is 3.26. The first kappa shape index (κ1) is 17.2. The second-order valence-electron chi connectivity index (χ2n) is 5.94. The quantitative estimate of drug-likeness (QED) is 0.469. The number of primary amides is 1. The summed E-state index contributed by atoms with van der Waals surface area (Å²) in [6.07, 6.45) is 0. The van der Waals surface area contributed by atoms with E-state index in [1.165, 1.54) is 0 Å². The molecule has 0 bridgehead atoms. The van der Waals surface area contributed by atoms with Gasteiger partial charge in [0.2, 0.25) is 5.91 Å². The number of nitrogens with two attached hydrogens (primary N) is 1. The lowest BCUT2D eigenvalue weighted by molar-refractivity contribution is 0.100. The number of fused-ring (bicyclic) bond motifs is 3. The summed E-state index contributed by atoms with van der Waals surface area (Å²) in [5.74, 6) is -0.493. The monoisotopic (exact) mass is 401 g/mol. The maximum Gasteiger partial charge on any atom is 0.249 e. The van der Waals surface area contributed by atoms with Crippen LogP contribution in [-0.4, -0.2) is 10.5 Å². The number of hydrogen-bond acceptors (Lipinski definition) is 1. The second kappa shape index (κ2) is 6.51. The minimum absolute atomic E-state index is 0.437. The number of aromatic nitrogens is 1. The third-order valence-corrected chi connectivity index (χ3v) is 5.27. The zero-order chi connectivity index (χ0) is 18.4. The van der Waals surface area contributed by atoms with Gasteiger partial charge < -0.3 is 10.3 Å². The highest BCUT2D eigenvalue weighted by Gasteiger charge is 2.18. The van der Waals surface area contributed by atoms with Crippen LogP contribution in [0, 0.1) is 6.07 Å². The topological polar surface area (TPSA) is 48.0 Å². The first-order valence-electron chi connectivity index (χ1n) is 7.82. The Morgan fingerprint density at radius 1 is 1.08 bits per heavy atom. The minimum Gasteiger partial charge on any atom is -0.366 e. The number of rotatable bonds is 3. The van der Waals surface area contributed by atoms with E-state index in [1.54, 1.807) is 36.4 Å². The third kappa shape index (κ3) is 2.73. The molecule has 0 aliphatic heterocycles. The van der Waals surface area contributed by atoms with E-state index in [0.29, 0.717) is 27.2 Å². The molecule has 26 heavy (non-hydrogen) atoms.